The van der Waals surface area contributed by atoms with Gasteiger partial charge in [0, 0.05) is 13.6 Å². The van der Waals surface area contributed by atoms with Crippen LogP contribution in [0.3, 0.4) is 0 Å². The Morgan fingerprint density at radius 3 is 2.58 bits per heavy atom. The summed E-state index contributed by atoms with van der Waals surface area (Å²) in [5.74, 6) is 1.57. The van der Waals surface area contributed by atoms with Crippen molar-refractivity contribution < 1.29 is 9.47 Å². The standard InChI is InChI=1S/C18H25BrN4O2S/c1-4-24-16-7-6-13(10-17(16)25-5-2)8-9-20-18(26)21-12-15-14(19)11-22-23(15)3/h6-7,10-11H,4-5,8-9,12H2,1-3H3,(H2,20,21,26). The number of aromatic nitrogens is 2. The van der Waals surface area contributed by atoms with E-state index >= 15 is 0 Å². The lowest BCUT2D eigenvalue weighted by molar-refractivity contribution is 0.287. The molecule has 1 aromatic heterocycles. The van der Waals surface area contributed by atoms with E-state index in [1.54, 1.807) is 6.20 Å². The van der Waals surface area contributed by atoms with Crippen LogP contribution in [0.15, 0.2) is 28.9 Å². The Morgan fingerprint density at radius 2 is 1.92 bits per heavy atom. The van der Waals surface area contributed by atoms with Gasteiger partial charge in [-0.05, 0) is 66.1 Å². The van der Waals surface area contributed by atoms with Crippen LogP contribution in [0.2, 0.25) is 0 Å². The summed E-state index contributed by atoms with van der Waals surface area (Å²) in [7, 11) is 1.90. The zero-order valence-corrected chi connectivity index (χ0v) is 17.7. The molecule has 2 rings (SSSR count). The highest BCUT2D eigenvalue weighted by Crippen LogP contribution is 2.28. The molecule has 0 saturated carbocycles. The number of nitrogens with zero attached hydrogens (tertiary/aromatic N) is 2. The summed E-state index contributed by atoms with van der Waals surface area (Å²) in [5.41, 5.74) is 2.21. The van der Waals surface area contributed by atoms with Crippen molar-refractivity contribution in [1.82, 2.24) is 20.4 Å². The van der Waals surface area contributed by atoms with Gasteiger partial charge in [-0.1, -0.05) is 6.07 Å². The van der Waals surface area contributed by atoms with Crippen molar-refractivity contribution in [2.45, 2.75) is 26.8 Å². The fourth-order valence-electron chi connectivity index (χ4n) is 2.43. The minimum Gasteiger partial charge on any atom is -0.490 e. The molecule has 0 bridgehead atoms. The van der Waals surface area contributed by atoms with Crippen LogP contribution >= 0.6 is 28.1 Å². The van der Waals surface area contributed by atoms with Crippen LogP contribution in [0.1, 0.15) is 25.1 Å². The Morgan fingerprint density at radius 1 is 1.19 bits per heavy atom. The fraction of sp³-hybridized carbons (Fsp3) is 0.444. The molecule has 1 aromatic carbocycles. The van der Waals surface area contributed by atoms with Crippen LogP contribution in [0.25, 0.3) is 0 Å². The lowest BCUT2D eigenvalue weighted by Crippen LogP contribution is -2.36. The number of thiocarbonyl (C=S) groups is 1. The van der Waals surface area contributed by atoms with Crippen molar-refractivity contribution in [3.05, 3.63) is 40.1 Å². The van der Waals surface area contributed by atoms with Crippen LogP contribution in [0.4, 0.5) is 0 Å². The maximum Gasteiger partial charge on any atom is 0.166 e. The molecular formula is C18H25BrN4O2S. The van der Waals surface area contributed by atoms with Crippen LogP contribution in [0.5, 0.6) is 11.5 Å². The summed E-state index contributed by atoms with van der Waals surface area (Å²) in [6, 6.07) is 6.04. The second-order valence-corrected chi connectivity index (χ2v) is 6.83. The quantitative estimate of drug-likeness (QED) is 0.583. The molecule has 0 unspecified atom stereocenters. The van der Waals surface area contributed by atoms with Gasteiger partial charge in [-0.2, -0.15) is 5.10 Å². The third-order valence-corrected chi connectivity index (χ3v) is 4.69. The minimum atomic E-state index is 0.610. The number of nitrogens with one attached hydrogen (secondary N) is 2. The Labute approximate surface area is 168 Å². The maximum absolute atomic E-state index is 5.66. The SMILES string of the molecule is CCOc1ccc(CCNC(=S)NCc2c(Br)cnn2C)cc1OCC. The molecule has 0 aliphatic heterocycles. The number of rotatable bonds is 9. The van der Waals surface area contributed by atoms with Gasteiger partial charge in [-0.25, -0.2) is 0 Å². The highest BCUT2D eigenvalue weighted by Gasteiger charge is 2.08. The average Bonchev–Trinajstić information content (AvgIpc) is 2.94. The first kappa shape index (κ1) is 20.5. The molecule has 0 fully saturated rings. The summed E-state index contributed by atoms with van der Waals surface area (Å²) in [6.07, 6.45) is 2.61. The van der Waals surface area contributed by atoms with Gasteiger partial charge in [0.15, 0.2) is 16.6 Å². The Bertz CT molecular complexity index is 716. The summed E-state index contributed by atoms with van der Waals surface area (Å²) in [6.45, 7) is 6.51. The Kier molecular flexibility index (Phi) is 8.18. The first-order valence-electron chi connectivity index (χ1n) is 8.61. The van der Waals surface area contributed by atoms with E-state index in [1.807, 2.05) is 37.7 Å². The van der Waals surface area contributed by atoms with Crippen LogP contribution in [-0.2, 0) is 20.0 Å². The lowest BCUT2D eigenvalue weighted by Gasteiger charge is -2.13. The second kappa shape index (κ2) is 10.4. The number of ether oxygens (including phenoxy) is 2. The summed E-state index contributed by atoms with van der Waals surface area (Å²) in [5, 5.41) is 11.2. The van der Waals surface area contributed by atoms with E-state index in [1.165, 1.54) is 5.56 Å². The van der Waals surface area contributed by atoms with Crippen molar-refractivity contribution >= 4 is 33.3 Å². The van der Waals surface area contributed by atoms with Gasteiger partial charge in [-0.15, -0.1) is 0 Å². The molecule has 0 radical (unpaired) electrons. The monoisotopic (exact) mass is 440 g/mol. The van der Waals surface area contributed by atoms with Gasteiger partial charge < -0.3 is 20.1 Å². The lowest BCUT2D eigenvalue weighted by atomic mass is 10.1. The van der Waals surface area contributed by atoms with Gasteiger partial charge in [0.2, 0.25) is 0 Å². The molecule has 142 valence electrons. The third kappa shape index (κ3) is 5.88. The van der Waals surface area contributed by atoms with Gasteiger partial charge in [0.05, 0.1) is 36.1 Å². The molecule has 0 spiro atoms. The highest BCUT2D eigenvalue weighted by atomic mass is 79.9. The number of aryl methyl sites for hydroxylation is 1. The molecule has 26 heavy (non-hydrogen) atoms. The van der Waals surface area contributed by atoms with E-state index in [9.17, 15) is 0 Å². The van der Waals surface area contributed by atoms with Crippen LogP contribution in [0, 0.1) is 0 Å². The zero-order chi connectivity index (χ0) is 18.9. The summed E-state index contributed by atoms with van der Waals surface area (Å²) in [4.78, 5) is 0. The minimum absolute atomic E-state index is 0.610. The molecule has 1 heterocycles. The summed E-state index contributed by atoms with van der Waals surface area (Å²) < 4.78 is 14.0. The van der Waals surface area contributed by atoms with E-state index in [2.05, 4.69) is 37.7 Å². The fourth-order valence-corrected chi connectivity index (χ4v) is 3.10. The predicted molar refractivity (Wildman–Crippen MR) is 111 cm³/mol. The topological polar surface area (TPSA) is 60.3 Å². The zero-order valence-electron chi connectivity index (χ0n) is 15.3. The maximum atomic E-state index is 5.66. The molecule has 0 atom stereocenters. The molecule has 0 aliphatic rings. The predicted octanol–water partition coefficient (Wildman–Crippen LogP) is 3.19. The molecular weight excluding hydrogens is 416 g/mol. The number of halogens is 1. The van der Waals surface area contributed by atoms with Crippen molar-refractivity contribution in [2.75, 3.05) is 19.8 Å². The number of benzene rings is 1. The normalized spacial score (nSPS) is 10.5. The molecule has 0 saturated heterocycles. The molecule has 0 amide bonds. The molecule has 2 N–H and O–H groups in total. The first-order valence-corrected chi connectivity index (χ1v) is 9.81. The van der Waals surface area contributed by atoms with Crippen molar-refractivity contribution in [3.63, 3.8) is 0 Å². The molecule has 8 heteroatoms. The Balaban J connectivity index is 1.81. The second-order valence-electron chi connectivity index (χ2n) is 5.57. The third-order valence-electron chi connectivity index (χ3n) is 3.73. The number of hydrogen-bond donors (Lipinski definition) is 2. The van der Waals surface area contributed by atoms with Crippen molar-refractivity contribution in [2.24, 2.45) is 7.05 Å². The Hall–Kier alpha value is -1.80. The van der Waals surface area contributed by atoms with Crippen LogP contribution < -0.4 is 20.1 Å². The van der Waals surface area contributed by atoms with Gasteiger partial charge in [-0.3, -0.25) is 4.68 Å². The van der Waals surface area contributed by atoms with E-state index in [0.29, 0.717) is 24.9 Å². The van der Waals surface area contributed by atoms with Crippen molar-refractivity contribution in [3.8, 4) is 11.5 Å². The summed E-state index contributed by atoms with van der Waals surface area (Å²) >= 11 is 8.82. The van der Waals surface area contributed by atoms with Crippen LogP contribution in [-0.4, -0.2) is 34.7 Å². The van der Waals surface area contributed by atoms with E-state index in [4.69, 9.17) is 21.7 Å². The van der Waals surface area contributed by atoms with E-state index < -0.39 is 0 Å². The average molecular weight is 441 g/mol. The largest absolute Gasteiger partial charge is 0.490 e. The van der Waals surface area contributed by atoms with E-state index in [0.717, 1.165) is 34.6 Å². The number of hydrogen-bond acceptors (Lipinski definition) is 4. The van der Waals surface area contributed by atoms with Crippen molar-refractivity contribution in [1.29, 1.82) is 0 Å². The highest BCUT2D eigenvalue weighted by molar-refractivity contribution is 9.10. The molecule has 0 aliphatic carbocycles. The smallest absolute Gasteiger partial charge is 0.166 e. The first-order chi connectivity index (χ1) is 12.5. The van der Waals surface area contributed by atoms with E-state index in [-0.39, 0.29) is 0 Å². The molecule has 6 nitrogen and oxygen atoms in total. The van der Waals surface area contributed by atoms with Gasteiger partial charge >= 0.3 is 0 Å². The van der Waals surface area contributed by atoms with Gasteiger partial charge in [0.1, 0.15) is 0 Å². The van der Waals surface area contributed by atoms with Gasteiger partial charge in [0.25, 0.3) is 0 Å². The molecule has 2 aromatic rings.